The van der Waals surface area contributed by atoms with Crippen LogP contribution in [0, 0.1) is 0 Å². The second kappa shape index (κ2) is 5.25. The molecule has 2 heterocycles. The van der Waals surface area contributed by atoms with Crippen molar-refractivity contribution >= 4 is 0 Å². The normalized spacial score (nSPS) is 27.0. The Labute approximate surface area is 126 Å². The Bertz CT molecular complexity index is 604. The van der Waals surface area contributed by atoms with Crippen LogP contribution in [0.2, 0.25) is 0 Å². The Morgan fingerprint density at radius 2 is 1.95 bits per heavy atom. The van der Waals surface area contributed by atoms with E-state index in [4.69, 9.17) is 4.74 Å². The summed E-state index contributed by atoms with van der Waals surface area (Å²) in [5.41, 5.74) is 1.54. The van der Waals surface area contributed by atoms with Gasteiger partial charge >= 0.3 is 0 Å². The van der Waals surface area contributed by atoms with Gasteiger partial charge in [0.25, 0.3) is 0 Å². The lowest BCUT2D eigenvalue weighted by atomic mass is 9.71. The molecule has 110 valence electrons. The van der Waals surface area contributed by atoms with Crippen molar-refractivity contribution in [2.75, 3.05) is 0 Å². The molecular weight excluding hydrogens is 258 g/mol. The highest BCUT2D eigenvalue weighted by atomic mass is 16.5. The first-order valence-corrected chi connectivity index (χ1v) is 8.26. The van der Waals surface area contributed by atoms with Crippen LogP contribution in [0.4, 0.5) is 0 Å². The molecule has 2 heteroatoms. The first kappa shape index (κ1) is 13.0. The molecular formula is C19H23NO. The SMILES string of the molecule is c1ccc2c(c1)OC1(CCCn3cccc3)CCCCC21. The van der Waals surface area contributed by atoms with Crippen molar-refractivity contribution in [3.05, 3.63) is 54.4 Å². The molecule has 0 saturated heterocycles. The van der Waals surface area contributed by atoms with Gasteiger partial charge in [-0.2, -0.15) is 0 Å². The molecule has 0 spiro atoms. The fourth-order valence-corrected chi connectivity index (χ4v) is 4.28. The zero-order chi connectivity index (χ0) is 14.1. The van der Waals surface area contributed by atoms with Crippen molar-refractivity contribution in [2.24, 2.45) is 0 Å². The Balaban J connectivity index is 1.51. The third-order valence-electron chi connectivity index (χ3n) is 5.27. The predicted molar refractivity (Wildman–Crippen MR) is 84.7 cm³/mol. The van der Waals surface area contributed by atoms with E-state index in [1.165, 1.54) is 44.1 Å². The van der Waals surface area contributed by atoms with Crippen molar-refractivity contribution in [1.82, 2.24) is 4.57 Å². The number of ether oxygens (including phenoxy) is 1. The monoisotopic (exact) mass is 281 g/mol. The van der Waals surface area contributed by atoms with E-state index in [9.17, 15) is 0 Å². The molecule has 1 aliphatic heterocycles. The van der Waals surface area contributed by atoms with Gasteiger partial charge in [-0.3, -0.25) is 0 Å². The van der Waals surface area contributed by atoms with Crippen LogP contribution in [0.15, 0.2) is 48.8 Å². The lowest BCUT2D eigenvalue weighted by Crippen LogP contribution is -2.40. The third kappa shape index (κ3) is 2.27. The molecule has 21 heavy (non-hydrogen) atoms. The molecule has 0 bridgehead atoms. The van der Waals surface area contributed by atoms with Crippen LogP contribution in [0.25, 0.3) is 0 Å². The van der Waals surface area contributed by atoms with Crippen LogP contribution in [0.3, 0.4) is 0 Å². The highest BCUT2D eigenvalue weighted by Gasteiger charge is 2.48. The summed E-state index contributed by atoms with van der Waals surface area (Å²) < 4.78 is 8.78. The average molecular weight is 281 g/mol. The summed E-state index contributed by atoms with van der Waals surface area (Å²) in [7, 11) is 0. The highest BCUT2D eigenvalue weighted by molar-refractivity contribution is 5.43. The number of aryl methyl sites for hydroxylation is 1. The summed E-state index contributed by atoms with van der Waals surface area (Å²) in [6.45, 7) is 1.10. The van der Waals surface area contributed by atoms with Crippen LogP contribution in [0.5, 0.6) is 5.75 Å². The molecule has 2 unspecified atom stereocenters. The quantitative estimate of drug-likeness (QED) is 0.788. The van der Waals surface area contributed by atoms with Gasteiger partial charge in [-0.15, -0.1) is 0 Å². The number of para-hydroxylation sites is 1. The topological polar surface area (TPSA) is 14.2 Å². The maximum atomic E-state index is 6.51. The second-order valence-electron chi connectivity index (χ2n) is 6.53. The van der Waals surface area contributed by atoms with E-state index in [-0.39, 0.29) is 5.60 Å². The summed E-state index contributed by atoms with van der Waals surface area (Å²) in [6.07, 6.45) is 11.8. The highest BCUT2D eigenvalue weighted by Crippen LogP contribution is 2.53. The van der Waals surface area contributed by atoms with Crippen LogP contribution in [-0.2, 0) is 6.54 Å². The standard InChI is InChI=1S/C19H23NO/c1-2-10-18-16(8-1)17-9-3-4-11-19(17,21-18)12-7-15-20-13-5-6-14-20/h1-2,5-6,8,10,13-14,17H,3-4,7,9,11-12,15H2. The van der Waals surface area contributed by atoms with Gasteiger partial charge in [-0.25, -0.2) is 0 Å². The average Bonchev–Trinajstić information content (AvgIpc) is 3.12. The summed E-state index contributed by atoms with van der Waals surface area (Å²) >= 11 is 0. The Morgan fingerprint density at radius 1 is 1.10 bits per heavy atom. The zero-order valence-corrected chi connectivity index (χ0v) is 12.5. The summed E-state index contributed by atoms with van der Waals surface area (Å²) in [5.74, 6) is 1.76. The maximum absolute atomic E-state index is 6.51. The van der Waals surface area contributed by atoms with E-state index in [0.717, 1.165) is 12.3 Å². The van der Waals surface area contributed by atoms with Gasteiger partial charge in [0.2, 0.25) is 0 Å². The Kier molecular flexibility index (Phi) is 3.25. The fraction of sp³-hybridized carbons (Fsp3) is 0.474. The minimum Gasteiger partial charge on any atom is -0.486 e. The first-order chi connectivity index (χ1) is 10.4. The van der Waals surface area contributed by atoms with Crippen LogP contribution >= 0.6 is 0 Å². The van der Waals surface area contributed by atoms with Gasteiger partial charge in [0.15, 0.2) is 0 Å². The number of aromatic nitrogens is 1. The molecule has 1 fully saturated rings. The zero-order valence-electron chi connectivity index (χ0n) is 12.5. The number of hydrogen-bond donors (Lipinski definition) is 0. The number of fused-ring (bicyclic) bond motifs is 3. The van der Waals surface area contributed by atoms with E-state index >= 15 is 0 Å². The first-order valence-electron chi connectivity index (χ1n) is 8.26. The Hall–Kier alpha value is -1.70. The van der Waals surface area contributed by atoms with E-state index in [0.29, 0.717) is 5.92 Å². The van der Waals surface area contributed by atoms with Gasteiger partial charge in [0, 0.05) is 30.4 Å². The molecule has 4 rings (SSSR count). The second-order valence-corrected chi connectivity index (χ2v) is 6.53. The smallest absolute Gasteiger partial charge is 0.123 e. The van der Waals surface area contributed by atoms with Gasteiger partial charge < -0.3 is 9.30 Å². The van der Waals surface area contributed by atoms with Crippen LogP contribution in [-0.4, -0.2) is 10.2 Å². The van der Waals surface area contributed by atoms with Crippen molar-refractivity contribution in [2.45, 2.75) is 56.6 Å². The molecule has 2 aliphatic rings. The third-order valence-corrected chi connectivity index (χ3v) is 5.27. The molecule has 2 aromatic rings. The predicted octanol–water partition coefficient (Wildman–Crippen LogP) is 4.76. The van der Waals surface area contributed by atoms with E-state index < -0.39 is 0 Å². The molecule has 0 radical (unpaired) electrons. The summed E-state index contributed by atoms with van der Waals surface area (Å²) in [5, 5.41) is 0. The molecule has 1 aromatic carbocycles. The lowest BCUT2D eigenvalue weighted by Gasteiger charge is -2.38. The van der Waals surface area contributed by atoms with Crippen molar-refractivity contribution < 1.29 is 4.74 Å². The minimum atomic E-state index is 0.0785. The summed E-state index contributed by atoms with van der Waals surface area (Å²) in [6, 6.07) is 12.9. The molecule has 1 saturated carbocycles. The van der Waals surface area contributed by atoms with Gasteiger partial charge in [0.1, 0.15) is 11.4 Å². The molecule has 2 nitrogen and oxygen atoms in total. The van der Waals surface area contributed by atoms with Crippen LogP contribution < -0.4 is 4.74 Å². The van der Waals surface area contributed by atoms with Crippen molar-refractivity contribution in [1.29, 1.82) is 0 Å². The van der Waals surface area contributed by atoms with E-state index in [1.807, 2.05) is 0 Å². The maximum Gasteiger partial charge on any atom is 0.123 e. The largest absolute Gasteiger partial charge is 0.486 e. The number of nitrogens with zero attached hydrogens (tertiary/aromatic N) is 1. The van der Waals surface area contributed by atoms with Gasteiger partial charge in [-0.05, 0) is 50.3 Å². The number of hydrogen-bond acceptors (Lipinski definition) is 1. The van der Waals surface area contributed by atoms with Crippen molar-refractivity contribution in [3.63, 3.8) is 0 Å². The molecule has 0 N–H and O–H groups in total. The molecule has 2 atom stereocenters. The molecule has 1 aliphatic carbocycles. The van der Waals surface area contributed by atoms with Gasteiger partial charge in [0.05, 0.1) is 0 Å². The lowest BCUT2D eigenvalue weighted by molar-refractivity contribution is 0.0244. The summed E-state index contributed by atoms with van der Waals surface area (Å²) in [4.78, 5) is 0. The molecule has 1 aromatic heterocycles. The fourth-order valence-electron chi connectivity index (χ4n) is 4.28. The van der Waals surface area contributed by atoms with E-state index in [2.05, 4.69) is 53.4 Å². The van der Waals surface area contributed by atoms with Crippen molar-refractivity contribution in [3.8, 4) is 5.75 Å². The van der Waals surface area contributed by atoms with Gasteiger partial charge in [-0.1, -0.05) is 24.6 Å². The van der Waals surface area contributed by atoms with E-state index in [1.54, 1.807) is 0 Å². The Morgan fingerprint density at radius 3 is 2.86 bits per heavy atom. The number of benzene rings is 1. The number of rotatable bonds is 4. The van der Waals surface area contributed by atoms with Crippen LogP contribution in [0.1, 0.15) is 50.0 Å². The minimum absolute atomic E-state index is 0.0785. The molecule has 0 amide bonds.